The van der Waals surface area contributed by atoms with Gasteiger partial charge in [-0.15, -0.1) is 11.3 Å². The Kier molecular flexibility index (Phi) is 9.15. The summed E-state index contributed by atoms with van der Waals surface area (Å²) < 4.78 is 50.2. The Morgan fingerprint density at radius 1 is 1.17 bits per heavy atom. The molecule has 2 aromatic carbocycles. The van der Waals surface area contributed by atoms with Crippen LogP contribution in [0.25, 0.3) is 0 Å². The summed E-state index contributed by atoms with van der Waals surface area (Å²) in [5.74, 6) is -2.53. The molecule has 1 saturated heterocycles. The third-order valence-corrected chi connectivity index (χ3v) is 11.3. The van der Waals surface area contributed by atoms with Crippen LogP contribution in [0.4, 0.5) is 10.1 Å². The van der Waals surface area contributed by atoms with E-state index in [9.17, 15) is 23.1 Å². The van der Waals surface area contributed by atoms with Gasteiger partial charge >= 0.3 is 5.97 Å². The van der Waals surface area contributed by atoms with Crippen molar-refractivity contribution in [3.05, 3.63) is 86.3 Å². The molecule has 1 amide bonds. The summed E-state index contributed by atoms with van der Waals surface area (Å²) in [4.78, 5) is 28.1. The van der Waals surface area contributed by atoms with E-state index in [1.54, 1.807) is 49.4 Å². The fourth-order valence-corrected chi connectivity index (χ4v) is 8.60. The fourth-order valence-electron chi connectivity index (χ4n) is 5.32. The zero-order chi connectivity index (χ0) is 30.2. The third kappa shape index (κ3) is 6.30. The number of aliphatic carboxylic acids is 1. The number of hydrogen-bond acceptors (Lipinski definition) is 6. The first-order chi connectivity index (χ1) is 20.0. The molecule has 5 rings (SSSR count). The van der Waals surface area contributed by atoms with Crippen molar-refractivity contribution in [3.63, 3.8) is 0 Å². The number of benzene rings is 2. The van der Waals surface area contributed by atoms with Crippen LogP contribution in [0.1, 0.15) is 55.2 Å². The van der Waals surface area contributed by atoms with Crippen LogP contribution in [-0.4, -0.2) is 54.2 Å². The maximum atomic E-state index is 15.1. The molecule has 13 heteroatoms. The number of para-hydroxylation sites is 1. The van der Waals surface area contributed by atoms with Crippen LogP contribution >= 0.6 is 34.5 Å². The Morgan fingerprint density at radius 3 is 2.50 bits per heavy atom. The van der Waals surface area contributed by atoms with Gasteiger partial charge < -0.3 is 14.7 Å². The second-order valence-corrected chi connectivity index (χ2v) is 14.6. The number of carbonyl (C=O) groups excluding carboxylic acids is 1. The molecule has 1 aromatic heterocycles. The fraction of sp³-hybridized carbons (Fsp3) is 0.379. The predicted octanol–water partition coefficient (Wildman–Crippen LogP) is 6.46. The lowest BCUT2D eigenvalue weighted by Gasteiger charge is -2.48. The summed E-state index contributed by atoms with van der Waals surface area (Å²) >= 11 is 13.9. The highest BCUT2D eigenvalue weighted by Gasteiger charge is 2.49. The monoisotopic (exact) mass is 654 g/mol. The van der Waals surface area contributed by atoms with E-state index in [0.717, 1.165) is 4.31 Å². The molecule has 1 aliphatic carbocycles. The number of ether oxygens (including phenoxy) is 1. The number of halogens is 3. The van der Waals surface area contributed by atoms with Gasteiger partial charge in [0.05, 0.1) is 40.3 Å². The van der Waals surface area contributed by atoms with Gasteiger partial charge in [0.2, 0.25) is 10.0 Å². The number of hydrogen-bond donors (Lipinski definition) is 1. The van der Waals surface area contributed by atoms with Crippen LogP contribution in [0.3, 0.4) is 0 Å². The summed E-state index contributed by atoms with van der Waals surface area (Å²) in [6.45, 7) is 1.56. The minimum absolute atomic E-state index is 0.104. The minimum Gasteiger partial charge on any atom is -0.481 e. The summed E-state index contributed by atoms with van der Waals surface area (Å²) in [6.07, 6.45) is -1.58. The largest absolute Gasteiger partial charge is 0.481 e. The topological polar surface area (TPSA) is 104 Å². The maximum absolute atomic E-state index is 15.1. The van der Waals surface area contributed by atoms with Crippen molar-refractivity contribution in [2.24, 2.45) is 0 Å². The van der Waals surface area contributed by atoms with Crippen LogP contribution in [0, 0.1) is 5.82 Å². The molecule has 1 saturated carbocycles. The van der Waals surface area contributed by atoms with Crippen LogP contribution in [-0.2, 0) is 24.3 Å². The van der Waals surface area contributed by atoms with Gasteiger partial charge in [-0.25, -0.2) is 12.8 Å². The minimum atomic E-state index is -3.95. The molecule has 8 nitrogen and oxygen atoms in total. The Hall–Kier alpha value is -2.70. The third-order valence-electron chi connectivity index (χ3n) is 7.47. The number of rotatable bonds is 11. The lowest BCUT2D eigenvalue weighted by atomic mass is 9.93. The number of sulfonamides is 1. The van der Waals surface area contributed by atoms with Crippen molar-refractivity contribution in [1.29, 1.82) is 0 Å². The summed E-state index contributed by atoms with van der Waals surface area (Å²) in [5.41, 5.74) is 0.504. The molecule has 2 fully saturated rings. The summed E-state index contributed by atoms with van der Waals surface area (Å²) in [6, 6.07) is 14.4. The Morgan fingerprint density at radius 2 is 1.90 bits per heavy atom. The summed E-state index contributed by atoms with van der Waals surface area (Å²) in [5, 5.41) is 9.42. The van der Waals surface area contributed by atoms with Gasteiger partial charge in [-0.05, 0) is 61.2 Å². The smallest absolute Gasteiger partial charge is 0.306 e. The van der Waals surface area contributed by atoms with E-state index in [1.807, 2.05) is 0 Å². The number of morpholine rings is 1. The number of carbonyl (C=O) groups is 2. The van der Waals surface area contributed by atoms with E-state index in [2.05, 4.69) is 0 Å². The van der Waals surface area contributed by atoms with E-state index in [1.165, 1.54) is 34.4 Å². The van der Waals surface area contributed by atoms with Gasteiger partial charge in [-0.2, -0.15) is 0 Å². The average molecular weight is 656 g/mol. The molecule has 4 unspecified atom stereocenters. The quantitative estimate of drug-likeness (QED) is 0.255. The van der Waals surface area contributed by atoms with E-state index >= 15 is 4.39 Å². The van der Waals surface area contributed by atoms with E-state index in [4.69, 9.17) is 27.9 Å². The average Bonchev–Trinajstić information content (AvgIpc) is 3.73. The first kappa shape index (κ1) is 30.7. The molecule has 3 aromatic rings. The van der Waals surface area contributed by atoms with Crippen LogP contribution in [0.2, 0.25) is 9.36 Å². The standard InChI is InChI=1S/C29H29Cl2FN2O6S2/c1-2-19(16-33(42(38,39)20-10-11-20)22-9-4-3-8-21(22)32)34-27(24-12-13-25(31)41-24)28(17-6-5-7-18(30)14-17)40-23(29(34)37)15-26(35)36/h3-9,12-14,19-20,23,27-28H,2,10-11,15-16H2,1H3,(H,35,36). The zero-order valence-corrected chi connectivity index (χ0v) is 25.7. The molecule has 0 radical (unpaired) electrons. The number of anilines is 1. The second kappa shape index (κ2) is 12.5. The van der Waals surface area contributed by atoms with E-state index in [0.29, 0.717) is 32.6 Å². The molecule has 224 valence electrons. The number of thiophene rings is 1. The highest BCUT2D eigenvalue weighted by atomic mass is 35.5. The van der Waals surface area contributed by atoms with Crippen molar-refractivity contribution in [1.82, 2.24) is 4.90 Å². The Labute approximate surface area is 257 Å². The Bertz CT molecular complexity index is 1580. The van der Waals surface area contributed by atoms with Gasteiger partial charge in [0.1, 0.15) is 18.0 Å². The number of amides is 1. The van der Waals surface area contributed by atoms with Crippen molar-refractivity contribution in [2.45, 2.75) is 62.1 Å². The zero-order valence-electron chi connectivity index (χ0n) is 22.5. The molecular weight excluding hydrogens is 626 g/mol. The van der Waals surface area contributed by atoms with Crippen molar-refractivity contribution in [2.75, 3.05) is 10.8 Å². The maximum Gasteiger partial charge on any atom is 0.306 e. The predicted molar refractivity (Wildman–Crippen MR) is 160 cm³/mol. The molecule has 42 heavy (non-hydrogen) atoms. The highest BCUT2D eigenvalue weighted by molar-refractivity contribution is 7.93. The molecule has 0 spiro atoms. The van der Waals surface area contributed by atoms with Crippen LogP contribution in [0.5, 0.6) is 0 Å². The highest BCUT2D eigenvalue weighted by Crippen LogP contribution is 2.47. The molecule has 1 N–H and O–H groups in total. The number of carboxylic acids is 1. The first-order valence-electron chi connectivity index (χ1n) is 13.5. The molecule has 1 aliphatic heterocycles. The number of nitrogens with zero attached hydrogens (tertiary/aromatic N) is 2. The van der Waals surface area contributed by atoms with Crippen molar-refractivity contribution >= 4 is 62.1 Å². The summed E-state index contributed by atoms with van der Waals surface area (Å²) in [7, 11) is -3.95. The first-order valence-corrected chi connectivity index (χ1v) is 16.5. The number of carboxylic acid groups (broad SMARTS) is 1. The van der Waals surface area contributed by atoms with E-state index in [-0.39, 0.29) is 18.7 Å². The van der Waals surface area contributed by atoms with Crippen LogP contribution in [0.15, 0.2) is 60.7 Å². The second-order valence-electron chi connectivity index (χ2n) is 10.3. The van der Waals surface area contributed by atoms with Gasteiger partial charge in [-0.3, -0.25) is 13.9 Å². The van der Waals surface area contributed by atoms with Crippen LogP contribution < -0.4 is 4.31 Å². The molecule has 2 aliphatic rings. The molecular formula is C29H29Cl2FN2O6S2. The molecule has 2 heterocycles. The Balaban J connectivity index is 1.64. The van der Waals surface area contributed by atoms with Gasteiger partial charge in [0.25, 0.3) is 5.91 Å². The molecule has 0 bridgehead atoms. The van der Waals surface area contributed by atoms with Crippen molar-refractivity contribution < 1.29 is 32.2 Å². The SMILES string of the molecule is CCC(CN(c1ccccc1F)S(=O)(=O)C1CC1)N1C(=O)C(CC(=O)O)OC(c2cccc(Cl)c2)C1c1ccc(Cl)s1. The molecule has 4 atom stereocenters. The lowest BCUT2D eigenvalue weighted by Crippen LogP contribution is -2.58. The van der Waals surface area contributed by atoms with Crippen molar-refractivity contribution in [3.8, 4) is 0 Å². The lowest BCUT2D eigenvalue weighted by molar-refractivity contribution is -0.182. The van der Waals surface area contributed by atoms with Gasteiger partial charge in [0.15, 0.2) is 0 Å². The normalized spacial score (nSPS) is 21.8. The van der Waals surface area contributed by atoms with Gasteiger partial charge in [-0.1, -0.05) is 54.4 Å². The van der Waals surface area contributed by atoms with Gasteiger partial charge in [0, 0.05) is 9.90 Å². The van der Waals surface area contributed by atoms with E-state index < -0.39 is 63.7 Å².